The molecule has 0 fully saturated rings. The number of hydrogen-bond donors (Lipinski definition) is 0. The average molecular weight is 270 g/mol. The van der Waals surface area contributed by atoms with Crippen LogP contribution in [-0.2, 0) is 0 Å². The summed E-state index contributed by atoms with van der Waals surface area (Å²) in [4.78, 5) is 12.0. The number of ketones is 1. The fourth-order valence-corrected chi connectivity index (χ4v) is 1.86. The molecule has 0 aliphatic carbocycles. The molecule has 0 unspecified atom stereocenters. The SMILES string of the molecule is COc1ccc(C(=O)C=Cc2ccccc2C)cc1F. The first-order valence-corrected chi connectivity index (χ1v) is 6.23. The lowest BCUT2D eigenvalue weighted by atomic mass is 10.1. The maximum absolute atomic E-state index is 13.5. The molecule has 0 aliphatic heterocycles. The largest absolute Gasteiger partial charge is 0.494 e. The summed E-state index contributed by atoms with van der Waals surface area (Å²) in [5, 5.41) is 0. The lowest BCUT2D eigenvalue weighted by molar-refractivity contribution is 0.104. The first kappa shape index (κ1) is 14.0. The molecule has 2 aromatic rings. The van der Waals surface area contributed by atoms with Gasteiger partial charge in [-0.25, -0.2) is 4.39 Å². The number of allylic oxidation sites excluding steroid dienone is 1. The van der Waals surface area contributed by atoms with Gasteiger partial charge in [-0.3, -0.25) is 4.79 Å². The van der Waals surface area contributed by atoms with Gasteiger partial charge in [-0.05, 0) is 42.3 Å². The number of aryl methyl sites for hydroxylation is 1. The molecule has 3 heteroatoms. The Morgan fingerprint density at radius 3 is 2.60 bits per heavy atom. The van der Waals surface area contributed by atoms with Crippen LogP contribution in [-0.4, -0.2) is 12.9 Å². The van der Waals surface area contributed by atoms with Crippen molar-refractivity contribution >= 4 is 11.9 Å². The summed E-state index contributed by atoms with van der Waals surface area (Å²) in [7, 11) is 1.39. The fourth-order valence-electron chi connectivity index (χ4n) is 1.86. The molecule has 102 valence electrons. The number of rotatable bonds is 4. The van der Waals surface area contributed by atoms with Gasteiger partial charge in [-0.2, -0.15) is 0 Å². The van der Waals surface area contributed by atoms with Crippen LogP contribution < -0.4 is 4.74 Å². The highest BCUT2D eigenvalue weighted by molar-refractivity contribution is 6.06. The third kappa shape index (κ3) is 3.12. The highest BCUT2D eigenvalue weighted by Gasteiger charge is 2.07. The van der Waals surface area contributed by atoms with Gasteiger partial charge < -0.3 is 4.74 Å². The molecule has 0 radical (unpaired) electrons. The molecular weight excluding hydrogens is 255 g/mol. The molecule has 0 amide bonds. The molecular formula is C17H15FO2. The fraction of sp³-hybridized carbons (Fsp3) is 0.118. The molecule has 20 heavy (non-hydrogen) atoms. The number of halogens is 1. The molecule has 0 aromatic heterocycles. The minimum absolute atomic E-state index is 0.129. The second kappa shape index (κ2) is 6.15. The van der Waals surface area contributed by atoms with E-state index in [-0.39, 0.29) is 11.5 Å². The number of ether oxygens (including phenoxy) is 1. The average Bonchev–Trinajstić information content (AvgIpc) is 2.46. The standard InChI is InChI=1S/C17H15FO2/c1-12-5-3-4-6-13(12)7-9-16(19)14-8-10-17(20-2)15(18)11-14/h3-11H,1-2H3. The van der Waals surface area contributed by atoms with Crippen molar-refractivity contribution in [2.45, 2.75) is 6.92 Å². The Balaban J connectivity index is 2.20. The Morgan fingerprint density at radius 1 is 1.20 bits per heavy atom. The van der Waals surface area contributed by atoms with Gasteiger partial charge in [0.2, 0.25) is 0 Å². The molecule has 2 aromatic carbocycles. The van der Waals surface area contributed by atoms with Crippen LogP contribution in [0, 0.1) is 12.7 Å². The van der Waals surface area contributed by atoms with Crippen molar-refractivity contribution in [3.8, 4) is 5.75 Å². The zero-order valence-electron chi connectivity index (χ0n) is 11.4. The second-order valence-corrected chi connectivity index (χ2v) is 4.40. The molecule has 0 atom stereocenters. The Kier molecular flexibility index (Phi) is 4.31. The van der Waals surface area contributed by atoms with E-state index in [1.54, 1.807) is 12.1 Å². The number of benzene rings is 2. The third-order valence-corrected chi connectivity index (χ3v) is 3.04. The summed E-state index contributed by atoms with van der Waals surface area (Å²) in [6.07, 6.45) is 3.18. The lowest BCUT2D eigenvalue weighted by Gasteiger charge is -2.03. The smallest absolute Gasteiger partial charge is 0.185 e. The molecule has 0 bridgehead atoms. The summed E-state index contributed by atoms with van der Waals surface area (Å²) in [6.45, 7) is 1.97. The summed E-state index contributed by atoms with van der Waals surface area (Å²) in [5.41, 5.74) is 2.35. The quantitative estimate of drug-likeness (QED) is 0.619. The minimum atomic E-state index is -0.539. The summed E-state index contributed by atoms with van der Waals surface area (Å²) < 4.78 is 18.4. The Morgan fingerprint density at radius 2 is 1.95 bits per heavy atom. The topological polar surface area (TPSA) is 26.3 Å². The minimum Gasteiger partial charge on any atom is -0.494 e. The van der Waals surface area contributed by atoms with Gasteiger partial charge in [-0.1, -0.05) is 30.3 Å². The summed E-state index contributed by atoms with van der Waals surface area (Å²) in [5.74, 6) is -0.651. The number of hydrogen-bond acceptors (Lipinski definition) is 2. The highest BCUT2D eigenvalue weighted by atomic mass is 19.1. The molecule has 0 spiro atoms. The number of carbonyl (C=O) groups excluding carboxylic acids is 1. The van der Waals surface area contributed by atoms with Crippen LogP contribution in [0.2, 0.25) is 0 Å². The number of methoxy groups -OCH3 is 1. The third-order valence-electron chi connectivity index (χ3n) is 3.04. The Hall–Kier alpha value is -2.42. The van der Waals surface area contributed by atoms with E-state index < -0.39 is 5.82 Å². The van der Waals surface area contributed by atoms with Gasteiger partial charge in [0.25, 0.3) is 0 Å². The maximum Gasteiger partial charge on any atom is 0.185 e. The van der Waals surface area contributed by atoms with E-state index in [4.69, 9.17) is 4.74 Å². The predicted octanol–water partition coefficient (Wildman–Crippen LogP) is 4.04. The van der Waals surface area contributed by atoms with Crippen molar-refractivity contribution in [1.29, 1.82) is 0 Å². The van der Waals surface area contributed by atoms with Gasteiger partial charge in [0.05, 0.1) is 7.11 Å². The van der Waals surface area contributed by atoms with Crippen molar-refractivity contribution in [2.24, 2.45) is 0 Å². The lowest BCUT2D eigenvalue weighted by Crippen LogP contribution is -1.97. The molecule has 0 N–H and O–H groups in total. The summed E-state index contributed by atoms with van der Waals surface area (Å²) in [6, 6.07) is 11.9. The normalized spacial score (nSPS) is 10.8. The van der Waals surface area contributed by atoms with E-state index in [1.807, 2.05) is 31.2 Å². The van der Waals surface area contributed by atoms with Crippen LogP contribution in [0.25, 0.3) is 6.08 Å². The molecule has 2 nitrogen and oxygen atoms in total. The zero-order valence-corrected chi connectivity index (χ0v) is 11.4. The van der Waals surface area contributed by atoms with Crippen LogP contribution in [0.15, 0.2) is 48.5 Å². The van der Waals surface area contributed by atoms with E-state index in [2.05, 4.69) is 0 Å². The zero-order chi connectivity index (χ0) is 14.5. The Bertz CT molecular complexity index is 660. The van der Waals surface area contributed by atoms with E-state index >= 15 is 0 Å². The molecule has 0 saturated carbocycles. The van der Waals surface area contributed by atoms with Gasteiger partial charge in [0.1, 0.15) is 0 Å². The van der Waals surface area contributed by atoms with Gasteiger partial charge >= 0.3 is 0 Å². The van der Waals surface area contributed by atoms with Crippen molar-refractivity contribution in [1.82, 2.24) is 0 Å². The van der Waals surface area contributed by atoms with Gasteiger partial charge in [0, 0.05) is 5.56 Å². The molecule has 0 heterocycles. The number of carbonyl (C=O) groups is 1. The molecule has 0 saturated heterocycles. The predicted molar refractivity (Wildman–Crippen MR) is 77.5 cm³/mol. The van der Waals surface area contributed by atoms with E-state index in [9.17, 15) is 9.18 Å². The van der Waals surface area contributed by atoms with E-state index in [0.717, 1.165) is 11.1 Å². The monoisotopic (exact) mass is 270 g/mol. The Labute approximate surface area is 117 Å². The summed E-state index contributed by atoms with van der Waals surface area (Å²) >= 11 is 0. The van der Waals surface area contributed by atoms with E-state index in [0.29, 0.717) is 5.56 Å². The maximum atomic E-state index is 13.5. The van der Waals surface area contributed by atoms with Crippen LogP contribution in [0.5, 0.6) is 5.75 Å². The van der Waals surface area contributed by atoms with Crippen molar-refractivity contribution in [2.75, 3.05) is 7.11 Å². The second-order valence-electron chi connectivity index (χ2n) is 4.40. The van der Waals surface area contributed by atoms with E-state index in [1.165, 1.54) is 25.3 Å². The van der Waals surface area contributed by atoms with Crippen LogP contribution >= 0.6 is 0 Å². The van der Waals surface area contributed by atoms with Gasteiger partial charge in [-0.15, -0.1) is 0 Å². The van der Waals surface area contributed by atoms with Gasteiger partial charge in [0.15, 0.2) is 17.3 Å². The van der Waals surface area contributed by atoms with Crippen molar-refractivity contribution < 1.29 is 13.9 Å². The van der Waals surface area contributed by atoms with Crippen LogP contribution in [0.4, 0.5) is 4.39 Å². The first-order valence-electron chi connectivity index (χ1n) is 6.23. The molecule has 2 rings (SSSR count). The van der Waals surface area contributed by atoms with Crippen molar-refractivity contribution in [3.63, 3.8) is 0 Å². The first-order chi connectivity index (χ1) is 9.61. The van der Waals surface area contributed by atoms with Crippen molar-refractivity contribution in [3.05, 3.63) is 71.0 Å². The molecule has 0 aliphatic rings. The van der Waals surface area contributed by atoms with Crippen LogP contribution in [0.1, 0.15) is 21.5 Å². The van der Waals surface area contributed by atoms with Crippen LogP contribution in [0.3, 0.4) is 0 Å². The highest BCUT2D eigenvalue weighted by Crippen LogP contribution is 2.18.